The normalized spacial score (nSPS) is 17.0. The molecule has 6 heteroatoms. The van der Waals surface area contributed by atoms with Crippen molar-refractivity contribution >= 4 is 22.1 Å². The van der Waals surface area contributed by atoms with Gasteiger partial charge in [-0.3, -0.25) is 0 Å². The molecule has 0 radical (unpaired) electrons. The fourth-order valence-corrected chi connectivity index (χ4v) is 3.19. The molecule has 3 aromatic heterocycles. The number of aliphatic hydroxyl groups excluding tert-OH is 1. The molecule has 0 unspecified atom stereocenters. The Morgan fingerprint density at radius 1 is 1.24 bits per heavy atom. The smallest absolute Gasteiger partial charge is 0.139 e. The highest BCUT2D eigenvalue weighted by Gasteiger charge is 2.19. The summed E-state index contributed by atoms with van der Waals surface area (Å²) in [5, 5.41) is 13.5. The largest absolute Gasteiger partial charge is 0.396 e. The maximum atomic E-state index is 9.04. The summed E-state index contributed by atoms with van der Waals surface area (Å²) >= 11 is 0. The van der Waals surface area contributed by atoms with Crippen LogP contribution in [0.5, 0.6) is 0 Å². The molecular weight excluding hydrogens is 266 g/mol. The van der Waals surface area contributed by atoms with E-state index in [1.807, 2.05) is 6.20 Å². The van der Waals surface area contributed by atoms with Gasteiger partial charge in [0.15, 0.2) is 0 Å². The Hall–Kier alpha value is -1.92. The van der Waals surface area contributed by atoms with Crippen LogP contribution in [0.4, 0.5) is 0 Å². The van der Waals surface area contributed by atoms with E-state index in [0.29, 0.717) is 12.3 Å². The summed E-state index contributed by atoms with van der Waals surface area (Å²) in [5.74, 6) is 1.39. The lowest BCUT2D eigenvalue weighted by Crippen LogP contribution is -2.26. The number of H-pyrrole nitrogens is 2. The van der Waals surface area contributed by atoms with E-state index in [2.05, 4.69) is 31.3 Å². The summed E-state index contributed by atoms with van der Waals surface area (Å²) in [6, 6.07) is 2.20. The molecule has 1 saturated heterocycles. The highest BCUT2D eigenvalue weighted by molar-refractivity contribution is 6.01. The lowest BCUT2D eigenvalue weighted by atomic mass is 9.95. The van der Waals surface area contributed by atoms with E-state index in [9.17, 15) is 0 Å². The minimum absolute atomic E-state index is 0.101. The number of fused-ring (bicyclic) bond motifs is 3. The summed E-state index contributed by atoms with van der Waals surface area (Å²) in [4.78, 5) is 15.8. The van der Waals surface area contributed by atoms with Crippen LogP contribution in [0.15, 0.2) is 12.3 Å². The summed E-state index contributed by atoms with van der Waals surface area (Å²) < 4.78 is 0. The average Bonchev–Trinajstić information content (AvgIpc) is 3.11. The zero-order valence-electron chi connectivity index (χ0n) is 11.8. The summed E-state index contributed by atoms with van der Waals surface area (Å²) in [5.41, 5.74) is 4.04. The molecule has 0 saturated carbocycles. The number of imidazole rings is 1. The van der Waals surface area contributed by atoms with Gasteiger partial charge in [0, 0.05) is 23.4 Å². The number of nitrogens with one attached hydrogen (secondary N) is 3. The van der Waals surface area contributed by atoms with Crippen LogP contribution < -0.4 is 5.32 Å². The van der Waals surface area contributed by atoms with E-state index >= 15 is 0 Å². The van der Waals surface area contributed by atoms with Crippen LogP contribution in [0.3, 0.4) is 0 Å². The molecule has 6 nitrogen and oxygen atoms in total. The molecule has 4 rings (SSSR count). The van der Waals surface area contributed by atoms with Gasteiger partial charge in [0.2, 0.25) is 0 Å². The molecule has 4 N–H and O–H groups in total. The lowest BCUT2D eigenvalue weighted by molar-refractivity contribution is 0.297. The third-order valence-electron chi connectivity index (χ3n) is 4.30. The van der Waals surface area contributed by atoms with Crippen molar-refractivity contribution in [2.75, 3.05) is 19.7 Å². The van der Waals surface area contributed by atoms with Crippen LogP contribution >= 0.6 is 0 Å². The summed E-state index contributed by atoms with van der Waals surface area (Å²) in [6.07, 6.45) is 4.68. The second-order valence-corrected chi connectivity index (χ2v) is 5.69. The van der Waals surface area contributed by atoms with Crippen molar-refractivity contribution < 1.29 is 5.11 Å². The number of aliphatic hydroxyl groups is 1. The van der Waals surface area contributed by atoms with E-state index in [0.717, 1.165) is 53.8 Å². The number of aromatic amines is 2. The van der Waals surface area contributed by atoms with Gasteiger partial charge < -0.3 is 20.4 Å². The molecule has 1 fully saturated rings. The molecule has 110 valence electrons. The average molecular weight is 285 g/mol. The van der Waals surface area contributed by atoms with Crippen molar-refractivity contribution in [3.8, 4) is 0 Å². The third kappa shape index (κ3) is 2.20. The molecule has 0 aliphatic carbocycles. The molecule has 21 heavy (non-hydrogen) atoms. The van der Waals surface area contributed by atoms with Gasteiger partial charge in [-0.15, -0.1) is 0 Å². The van der Waals surface area contributed by atoms with Gasteiger partial charge in [-0.2, -0.15) is 0 Å². The molecule has 0 atom stereocenters. The maximum Gasteiger partial charge on any atom is 0.139 e. The van der Waals surface area contributed by atoms with Crippen molar-refractivity contribution in [2.24, 2.45) is 0 Å². The first kappa shape index (κ1) is 12.8. The fourth-order valence-electron chi connectivity index (χ4n) is 3.19. The molecule has 0 amide bonds. The van der Waals surface area contributed by atoms with Crippen molar-refractivity contribution in [3.63, 3.8) is 0 Å². The quantitative estimate of drug-likeness (QED) is 0.586. The zero-order chi connectivity index (χ0) is 14.2. The number of hydrogen-bond donors (Lipinski definition) is 4. The molecular formula is C15H19N5O. The van der Waals surface area contributed by atoms with Crippen molar-refractivity contribution in [2.45, 2.75) is 25.2 Å². The van der Waals surface area contributed by atoms with Crippen molar-refractivity contribution in [1.29, 1.82) is 0 Å². The predicted molar refractivity (Wildman–Crippen MR) is 81.4 cm³/mol. The first-order valence-electron chi connectivity index (χ1n) is 7.53. The van der Waals surface area contributed by atoms with Crippen molar-refractivity contribution in [3.05, 3.63) is 23.8 Å². The second kappa shape index (κ2) is 5.13. The van der Waals surface area contributed by atoms with Crippen LogP contribution in [0.2, 0.25) is 0 Å². The molecule has 3 aromatic rings. The Bertz CT molecular complexity index is 769. The highest BCUT2D eigenvalue weighted by atomic mass is 16.3. The van der Waals surface area contributed by atoms with Crippen LogP contribution in [-0.2, 0) is 6.42 Å². The zero-order valence-corrected chi connectivity index (χ0v) is 11.8. The van der Waals surface area contributed by atoms with Gasteiger partial charge in [0.05, 0.1) is 18.3 Å². The van der Waals surface area contributed by atoms with E-state index in [4.69, 9.17) is 5.11 Å². The second-order valence-electron chi connectivity index (χ2n) is 5.69. The Balaban J connectivity index is 1.80. The molecule has 1 aliphatic rings. The van der Waals surface area contributed by atoms with Gasteiger partial charge in [-0.05, 0) is 32.0 Å². The van der Waals surface area contributed by atoms with Crippen LogP contribution in [-0.4, -0.2) is 44.7 Å². The number of pyridine rings is 1. The Morgan fingerprint density at radius 3 is 2.90 bits per heavy atom. The highest BCUT2D eigenvalue weighted by Crippen LogP contribution is 2.29. The van der Waals surface area contributed by atoms with Crippen LogP contribution in [0.25, 0.3) is 22.1 Å². The maximum absolute atomic E-state index is 9.04. The summed E-state index contributed by atoms with van der Waals surface area (Å²) in [6.45, 7) is 2.25. The van der Waals surface area contributed by atoms with Gasteiger partial charge in [0.25, 0.3) is 0 Å². The number of hydrogen-bond acceptors (Lipinski definition) is 4. The monoisotopic (exact) mass is 285 g/mol. The van der Waals surface area contributed by atoms with Crippen LogP contribution in [0.1, 0.15) is 30.3 Å². The minimum atomic E-state index is 0.101. The van der Waals surface area contributed by atoms with Gasteiger partial charge >= 0.3 is 0 Å². The SMILES string of the molecule is OCCc1nc2c(cnc3[nH]c(C4CCNCC4)cc32)[nH]1. The molecule has 4 heterocycles. The molecule has 0 bridgehead atoms. The van der Waals surface area contributed by atoms with Crippen LogP contribution in [0, 0.1) is 0 Å². The minimum Gasteiger partial charge on any atom is -0.396 e. The molecule has 0 aromatic carbocycles. The van der Waals surface area contributed by atoms with E-state index in [1.165, 1.54) is 5.69 Å². The number of rotatable bonds is 3. The predicted octanol–water partition coefficient (Wildman–Crippen LogP) is 1.44. The molecule has 1 aliphatic heterocycles. The Morgan fingerprint density at radius 2 is 2.10 bits per heavy atom. The van der Waals surface area contributed by atoms with Gasteiger partial charge in [-0.1, -0.05) is 0 Å². The first-order valence-corrected chi connectivity index (χ1v) is 7.53. The van der Waals surface area contributed by atoms with E-state index in [1.54, 1.807) is 0 Å². The number of aromatic nitrogens is 4. The first-order chi connectivity index (χ1) is 10.3. The van der Waals surface area contributed by atoms with Crippen molar-refractivity contribution in [1.82, 2.24) is 25.3 Å². The Labute approximate surface area is 122 Å². The Kier molecular flexibility index (Phi) is 3.12. The number of nitrogens with zero attached hydrogens (tertiary/aromatic N) is 2. The van der Waals surface area contributed by atoms with Gasteiger partial charge in [-0.25, -0.2) is 9.97 Å². The standard InChI is InChI=1S/C15H19N5O/c21-6-3-13-18-12-8-17-15-10(14(12)20-13)7-11(19-15)9-1-4-16-5-2-9/h7-9,16,21H,1-6H2,(H,17,19)(H,18,20). The topological polar surface area (TPSA) is 89.6 Å². The van der Waals surface area contributed by atoms with E-state index in [-0.39, 0.29) is 6.61 Å². The lowest BCUT2D eigenvalue weighted by Gasteiger charge is -2.21. The summed E-state index contributed by atoms with van der Waals surface area (Å²) in [7, 11) is 0. The fraction of sp³-hybridized carbons (Fsp3) is 0.467. The van der Waals surface area contributed by atoms with E-state index < -0.39 is 0 Å². The molecule has 0 spiro atoms. The number of piperidine rings is 1. The third-order valence-corrected chi connectivity index (χ3v) is 4.30. The van der Waals surface area contributed by atoms with Gasteiger partial charge in [0.1, 0.15) is 17.0 Å².